The van der Waals surface area contributed by atoms with E-state index in [1.54, 1.807) is 29.4 Å². The second-order valence-corrected chi connectivity index (χ2v) is 16.3. The summed E-state index contributed by atoms with van der Waals surface area (Å²) in [5.74, 6) is 3.90. The van der Waals surface area contributed by atoms with Gasteiger partial charge in [0.15, 0.2) is 5.43 Å². The van der Waals surface area contributed by atoms with Crippen molar-refractivity contribution in [1.82, 2.24) is 39.5 Å². The minimum Gasteiger partial charge on any atom is -0.367 e. The summed E-state index contributed by atoms with van der Waals surface area (Å²) in [6.45, 7) is 0. The third kappa shape index (κ3) is 7.91. The number of hydrogen-bond donors (Lipinski definition) is 5. The molecule has 0 saturated heterocycles. The molecule has 10 rings (SSSR count). The van der Waals surface area contributed by atoms with Crippen molar-refractivity contribution in [3.8, 4) is 16.8 Å². The van der Waals surface area contributed by atoms with Gasteiger partial charge in [-0.2, -0.15) is 0 Å². The molecule has 0 bridgehead atoms. The van der Waals surface area contributed by atoms with Crippen LogP contribution in [0.3, 0.4) is 0 Å². The lowest BCUT2D eigenvalue weighted by Gasteiger charge is -2.16. The molecule has 2 unspecified atom stereocenters. The van der Waals surface area contributed by atoms with Crippen LogP contribution in [0.25, 0.3) is 16.8 Å². The van der Waals surface area contributed by atoms with Crippen LogP contribution >= 0.6 is 0 Å². The van der Waals surface area contributed by atoms with Crippen molar-refractivity contribution in [1.29, 1.82) is 0 Å². The number of pyridine rings is 4. The molecule has 6 aromatic heterocycles. The van der Waals surface area contributed by atoms with Gasteiger partial charge in [0, 0.05) is 96.5 Å². The van der Waals surface area contributed by atoms with Gasteiger partial charge in [-0.15, -0.1) is 0 Å². The SMILES string of the molecule is O=c1cc[nH]cc1-c1ccc(N[C@H]2CC[C@H](Nc3ncc(C4CC4c4cccn(-c5ccc(N[C@H]6CC[C@H](Nc7ncc(C8CC8)cn7)C6)nc5)c4=O)cn3)C2)nc1. The highest BCUT2D eigenvalue weighted by molar-refractivity contribution is 5.62. The van der Waals surface area contributed by atoms with Crippen LogP contribution in [0.1, 0.15) is 92.2 Å². The number of nitrogens with zero attached hydrogens (tertiary/aromatic N) is 7. The van der Waals surface area contributed by atoms with E-state index < -0.39 is 0 Å². The molecule has 5 N–H and O–H groups in total. The molecule has 0 radical (unpaired) electrons. The van der Waals surface area contributed by atoms with E-state index in [9.17, 15) is 9.59 Å². The molecule has 4 aliphatic rings. The summed E-state index contributed by atoms with van der Waals surface area (Å²) >= 11 is 0. The summed E-state index contributed by atoms with van der Waals surface area (Å²) in [5.41, 5.74) is 5.17. The topological polar surface area (TPSA) is 180 Å². The summed E-state index contributed by atoms with van der Waals surface area (Å²) in [5, 5.41) is 14.1. The first-order valence-corrected chi connectivity index (χ1v) is 20.5. The van der Waals surface area contributed by atoms with Crippen LogP contribution in [0.4, 0.5) is 23.5 Å². The first kappa shape index (κ1) is 35.9. The molecule has 0 spiro atoms. The fourth-order valence-electron chi connectivity index (χ4n) is 8.71. The van der Waals surface area contributed by atoms with E-state index in [-0.39, 0.29) is 34.9 Å². The highest BCUT2D eigenvalue weighted by Gasteiger charge is 2.42. The van der Waals surface area contributed by atoms with Gasteiger partial charge in [-0.1, -0.05) is 6.07 Å². The van der Waals surface area contributed by atoms with Crippen molar-refractivity contribution < 1.29 is 0 Å². The zero-order valence-corrected chi connectivity index (χ0v) is 32.1. The first-order chi connectivity index (χ1) is 28.5. The van der Waals surface area contributed by atoms with E-state index >= 15 is 0 Å². The average molecular weight is 775 g/mol. The van der Waals surface area contributed by atoms with Crippen molar-refractivity contribution in [2.24, 2.45) is 0 Å². The van der Waals surface area contributed by atoms with E-state index in [4.69, 9.17) is 0 Å². The zero-order chi connectivity index (χ0) is 39.0. The molecule has 4 saturated carbocycles. The second kappa shape index (κ2) is 15.5. The third-order valence-electron chi connectivity index (χ3n) is 12.1. The Bertz CT molecular complexity index is 2480. The van der Waals surface area contributed by atoms with E-state index in [1.807, 2.05) is 67.4 Å². The zero-order valence-electron chi connectivity index (χ0n) is 32.1. The predicted molar refractivity (Wildman–Crippen MR) is 224 cm³/mol. The largest absolute Gasteiger partial charge is 0.367 e. The maximum absolute atomic E-state index is 13.7. The quantitative estimate of drug-likeness (QED) is 0.0850. The first-order valence-electron chi connectivity index (χ1n) is 20.5. The van der Waals surface area contributed by atoms with Crippen LogP contribution in [-0.4, -0.2) is 63.6 Å². The Labute approximate surface area is 335 Å². The molecule has 6 aromatic rings. The van der Waals surface area contributed by atoms with Crippen molar-refractivity contribution in [3.63, 3.8) is 0 Å². The van der Waals surface area contributed by atoms with Crippen LogP contribution in [0, 0.1) is 0 Å². The van der Waals surface area contributed by atoms with Gasteiger partial charge in [0.25, 0.3) is 5.56 Å². The highest BCUT2D eigenvalue weighted by Crippen LogP contribution is 2.53. The Morgan fingerprint density at radius 3 is 1.79 bits per heavy atom. The number of hydrogen-bond acceptors (Lipinski definition) is 12. The summed E-state index contributed by atoms with van der Waals surface area (Å²) in [7, 11) is 0. The van der Waals surface area contributed by atoms with Crippen molar-refractivity contribution >= 4 is 23.5 Å². The van der Waals surface area contributed by atoms with Crippen molar-refractivity contribution in [3.05, 3.63) is 136 Å². The normalized spacial score (nSPS) is 23.7. The van der Waals surface area contributed by atoms with Gasteiger partial charge >= 0.3 is 0 Å². The van der Waals surface area contributed by atoms with Gasteiger partial charge in [0.2, 0.25) is 11.9 Å². The number of aromatic amines is 1. The average Bonchev–Trinajstić information content (AvgIpc) is 4.17. The summed E-state index contributed by atoms with van der Waals surface area (Å²) in [6, 6.07) is 14.3. The van der Waals surface area contributed by atoms with Gasteiger partial charge < -0.3 is 26.3 Å². The lowest BCUT2D eigenvalue weighted by Crippen LogP contribution is -2.23. The fourth-order valence-corrected chi connectivity index (χ4v) is 8.71. The number of nitrogens with one attached hydrogen (secondary N) is 5. The molecule has 4 fully saturated rings. The number of aromatic nitrogens is 8. The van der Waals surface area contributed by atoms with Crippen molar-refractivity contribution in [2.75, 3.05) is 21.3 Å². The molecule has 14 nitrogen and oxygen atoms in total. The van der Waals surface area contributed by atoms with E-state index in [2.05, 4.69) is 56.2 Å². The maximum Gasteiger partial charge on any atom is 0.258 e. The van der Waals surface area contributed by atoms with Crippen molar-refractivity contribution in [2.45, 2.75) is 99.7 Å². The van der Waals surface area contributed by atoms with Crippen LogP contribution in [0.5, 0.6) is 0 Å². The van der Waals surface area contributed by atoms with Gasteiger partial charge in [-0.05, 0) is 117 Å². The standard InChI is InChI=1S/C44H46N12O2/c57-39-13-14-45-25-38(39)27-5-11-40(46-19-27)52-30-6-8-33(16-30)55-44-50-22-29(23-51-44)36-18-37(36)35-2-1-15-56(42(35)58)34-10-12-41(47-24-34)53-31-7-9-32(17-31)54-43-48-20-28(21-49-43)26-3-4-26/h1-2,5,10-15,19-26,30-33,36-37H,3-4,6-9,16-18H2,(H,45,57)(H,46,52)(H,47,53)(H,48,49,54)(H,50,51,55)/t30-,31-,32-,33-,36?,37?/m0/s1. The molecule has 14 heteroatoms. The Hall–Kier alpha value is -6.44. The number of H-pyrrole nitrogens is 1. The molecule has 6 atom stereocenters. The minimum atomic E-state index is -0.0350. The van der Waals surface area contributed by atoms with E-state index in [0.717, 1.165) is 79.0 Å². The van der Waals surface area contributed by atoms with Gasteiger partial charge in [0.05, 0.1) is 11.9 Å². The highest BCUT2D eigenvalue weighted by atomic mass is 16.1. The summed E-state index contributed by atoms with van der Waals surface area (Å²) in [6.07, 6.45) is 25.7. The predicted octanol–water partition coefficient (Wildman–Crippen LogP) is 6.60. The summed E-state index contributed by atoms with van der Waals surface area (Å²) in [4.78, 5) is 56.5. The van der Waals surface area contributed by atoms with Crippen LogP contribution < -0.4 is 32.3 Å². The molecule has 0 amide bonds. The second-order valence-electron chi connectivity index (χ2n) is 16.3. The Balaban J connectivity index is 0.701. The Morgan fingerprint density at radius 1 is 0.586 bits per heavy atom. The molecule has 0 aromatic carbocycles. The van der Waals surface area contributed by atoms with Crippen LogP contribution in [-0.2, 0) is 0 Å². The minimum absolute atomic E-state index is 0.0178. The lowest BCUT2D eigenvalue weighted by molar-refractivity contribution is 0.716. The van der Waals surface area contributed by atoms with Gasteiger partial charge in [0.1, 0.15) is 11.6 Å². The van der Waals surface area contributed by atoms with E-state index in [0.29, 0.717) is 35.5 Å². The maximum atomic E-state index is 13.7. The molecular weight excluding hydrogens is 729 g/mol. The molecule has 294 valence electrons. The third-order valence-corrected chi connectivity index (χ3v) is 12.1. The number of anilines is 4. The Kier molecular flexibility index (Phi) is 9.59. The van der Waals surface area contributed by atoms with E-state index in [1.165, 1.54) is 24.5 Å². The Morgan fingerprint density at radius 2 is 1.21 bits per heavy atom. The van der Waals surface area contributed by atoms with Crippen LogP contribution in [0.2, 0.25) is 0 Å². The van der Waals surface area contributed by atoms with Gasteiger partial charge in [-0.25, -0.2) is 29.9 Å². The smallest absolute Gasteiger partial charge is 0.258 e. The monoisotopic (exact) mass is 774 g/mol. The fraction of sp³-hybridized carbons (Fsp3) is 0.364. The van der Waals surface area contributed by atoms with Crippen LogP contribution in [0.15, 0.2) is 108 Å². The molecule has 58 heavy (non-hydrogen) atoms. The molecule has 0 aliphatic heterocycles. The molecule has 4 aliphatic carbocycles. The number of rotatable bonds is 13. The summed E-state index contributed by atoms with van der Waals surface area (Å²) < 4.78 is 1.69. The van der Waals surface area contributed by atoms with Gasteiger partial charge in [-0.3, -0.25) is 14.2 Å². The lowest BCUT2D eigenvalue weighted by atomic mass is 10.1. The molecule has 6 heterocycles. The molecular formula is C44H46N12O2.